The van der Waals surface area contributed by atoms with Crippen molar-refractivity contribution in [3.63, 3.8) is 0 Å². The topological polar surface area (TPSA) is 81.7 Å². The Morgan fingerprint density at radius 1 is 1.04 bits per heavy atom. The fraction of sp³-hybridized carbons (Fsp3) is 0.167. The number of ether oxygens (including phenoxy) is 2. The predicted molar refractivity (Wildman–Crippen MR) is 103 cm³/mol. The molecule has 0 unspecified atom stereocenters. The summed E-state index contributed by atoms with van der Waals surface area (Å²) in [6, 6.07) is 15.5. The smallest absolute Gasteiger partial charge is 0.258 e. The number of imidazole rings is 1. The van der Waals surface area contributed by atoms with Crippen LogP contribution in [0.25, 0.3) is 22.6 Å². The average Bonchev–Trinajstić information content (AvgIpc) is 3.35. The number of benzene rings is 2. The quantitative estimate of drug-likeness (QED) is 0.360. The summed E-state index contributed by atoms with van der Waals surface area (Å²) in [6.45, 7) is 0.562. The highest BCUT2D eigenvalue weighted by Crippen LogP contribution is 2.22. The van der Waals surface area contributed by atoms with Crippen LogP contribution in [-0.2, 0) is 0 Å². The number of aromatic nitrogens is 6. The highest BCUT2D eigenvalue weighted by Gasteiger charge is 2.15. The summed E-state index contributed by atoms with van der Waals surface area (Å²) in [5, 5.41) is 12.6. The molecule has 0 saturated carbocycles. The Kier molecular flexibility index (Phi) is 3.86. The van der Waals surface area contributed by atoms with Crippen LogP contribution in [0.3, 0.4) is 0 Å². The number of nitrogens with zero attached hydrogens (tertiary/aromatic N) is 5. The van der Waals surface area contributed by atoms with Gasteiger partial charge >= 0.3 is 0 Å². The second-order valence-electron chi connectivity index (χ2n) is 5.86. The molecule has 0 saturated heterocycles. The maximum atomic E-state index is 5.76. The highest BCUT2D eigenvalue weighted by atomic mass is 32.2. The molecule has 5 rings (SSSR count). The van der Waals surface area contributed by atoms with Crippen LogP contribution in [0.15, 0.2) is 53.7 Å². The number of para-hydroxylation sites is 2. The van der Waals surface area contributed by atoms with Gasteiger partial charge in [0, 0.05) is 5.75 Å². The molecular weight excluding hydrogens is 364 g/mol. The predicted octanol–water partition coefficient (Wildman–Crippen LogP) is 3.04. The first-order valence-corrected chi connectivity index (χ1v) is 9.42. The van der Waals surface area contributed by atoms with E-state index in [1.807, 2.05) is 57.4 Å². The van der Waals surface area contributed by atoms with Crippen molar-refractivity contribution < 1.29 is 9.47 Å². The molecule has 0 aliphatic heterocycles. The van der Waals surface area contributed by atoms with Crippen molar-refractivity contribution >= 4 is 34.4 Å². The molecule has 27 heavy (non-hydrogen) atoms. The van der Waals surface area contributed by atoms with Crippen molar-refractivity contribution in [2.75, 3.05) is 19.5 Å². The molecule has 0 radical (unpaired) electrons. The number of thioether (sulfide) groups is 1. The van der Waals surface area contributed by atoms with E-state index in [1.165, 1.54) is 0 Å². The van der Waals surface area contributed by atoms with Gasteiger partial charge in [-0.15, -0.1) is 10.2 Å². The van der Waals surface area contributed by atoms with E-state index < -0.39 is 0 Å². The van der Waals surface area contributed by atoms with Crippen LogP contribution in [0, 0.1) is 0 Å². The first kappa shape index (κ1) is 16.0. The normalized spacial score (nSPS) is 11.6. The van der Waals surface area contributed by atoms with Crippen LogP contribution >= 0.6 is 11.8 Å². The van der Waals surface area contributed by atoms with Gasteiger partial charge in [0.15, 0.2) is 0 Å². The fourth-order valence-corrected chi connectivity index (χ4v) is 3.67. The number of aromatic amines is 1. The van der Waals surface area contributed by atoms with Gasteiger partial charge in [-0.25, -0.2) is 9.38 Å². The molecule has 8 nitrogen and oxygen atoms in total. The number of hydrogen-bond acceptors (Lipinski definition) is 6. The number of H-pyrrole nitrogens is 1. The van der Waals surface area contributed by atoms with Crippen LogP contribution in [-0.4, -0.2) is 48.7 Å². The van der Waals surface area contributed by atoms with Crippen molar-refractivity contribution in [1.82, 2.24) is 29.2 Å². The molecule has 0 amide bonds. The summed E-state index contributed by atoms with van der Waals surface area (Å²) >= 11 is 1.57. The summed E-state index contributed by atoms with van der Waals surface area (Å²) < 4.78 is 14.7. The summed E-state index contributed by atoms with van der Waals surface area (Å²) in [6.07, 6.45) is 0. The Morgan fingerprint density at radius 3 is 2.70 bits per heavy atom. The van der Waals surface area contributed by atoms with E-state index in [9.17, 15) is 0 Å². The second kappa shape index (κ2) is 6.51. The van der Waals surface area contributed by atoms with Gasteiger partial charge in [-0.05, 0) is 36.4 Å². The monoisotopic (exact) mass is 380 g/mol. The second-order valence-corrected chi connectivity index (χ2v) is 6.92. The molecule has 0 aliphatic carbocycles. The lowest BCUT2D eigenvalue weighted by atomic mass is 10.3. The number of hydrogen-bond donors (Lipinski definition) is 1. The largest absolute Gasteiger partial charge is 0.497 e. The zero-order valence-corrected chi connectivity index (χ0v) is 15.3. The van der Waals surface area contributed by atoms with Gasteiger partial charge in [0.1, 0.15) is 11.5 Å². The third kappa shape index (κ3) is 2.76. The van der Waals surface area contributed by atoms with Crippen molar-refractivity contribution in [3.05, 3.63) is 48.5 Å². The zero-order chi connectivity index (χ0) is 18.2. The molecule has 2 aromatic carbocycles. The van der Waals surface area contributed by atoms with Crippen LogP contribution in [0.5, 0.6) is 11.5 Å². The minimum atomic E-state index is 0.562. The first-order valence-electron chi connectivity index (χ1n) is 8.43. The Morgan fingerprint density at radius 2 is 1.85 bits per heavy atom. The van der Waals surface area contributed by atoms with Gasteiger partial charge in [-0.3, -0.25) is 5.10 Å². The van der Waals surface area contributed by atoms with Gasteiger partial charge in [0.25, 0.3) is 5.78 Å². The molecule has 0 atom stereocenters. The molecule has 0 aliphatic rings. The van der Waals surface area contributed by atoms with E-state index in [-0.39, 0.29) is 0 Å². The molecular formula is C18H16N6O2S. The van der Waals surface area contributed by atoms with Gasteiger partial charge in [0.2, 0.25) is 10.9 Å². The fourth-order valence-electron chi connectivity index (χ4n) is 2.97. The Bertz CT molecular complexity index is 1220. The van der Waals surface area contributed by atoms with E-state index >= 15 is 0 Å². The van der Waals surface area contributed by atoms with Gasteiger partial charge < -0.3 is 9.47 Å². The van der Waals surface area contributed by atoms with Crippen molar-refractivity contribution in [2.24, 2.45) is 0 Å². The van der Waals surface area contributed by atoms with Gasteiger partial charge in [-0.2, -0.15) is 4.52 Å². The van der Waals surface area contributed by atoms with E-state index in [0.717, 1.165) is 45.0 Å². The number of fused-ring (bicyclic) bond motifs is 5. The summed E-state index contributed by atoms with van der Waals surface area (Å²) in [4.78, 5) is 4.59. The van der Waals surface area contributed by atoms with Crippen LogP contribution in [0.1, 0.15) is 0 Å². The molecule has 0 spiro atoms. The number of nitrogens with one attached hydrogen (secondary N) is 1. The number of methoxy groups -OCH3 is 1. The molecule has 9 heteroatoms. The summed E-state index contributed by atoms with van der Waals surface area (Å²) in [5.41, 5.74) is 1.93. The Balaban J connectivity index is 1.31. The summed E-state index contributed by atoms with van der Waals surface area (Å²) in [7, 11) is 1.65. The van der Waals surface area contributed by atoms with Gasteiger partial charge in [0.05, 0.1) is 24.8 Å². The van der Waals surface area contributed by atoms with Crippen molar-refractivity contribution in [2.45, 2.75) is 5.16 Å². The average molecular weight is 380 g/mol. The molecule has 3 heterocycles. The maximum Gasteiger partial charge on any atom is 0.258 e. The lowest BCUT2D eigenvalue weighted by molar-refractivity contribution is 0.342. The number of rotatable bonds is 6. The lowest BCUT2D eigenvalue weighted by Crippen LogP contribution is -2.01. The van der Waals surface area contributed by atoms with Crippen LogP contribution in [0.4, 0.5) is 0 Å². The Hall–Kier alpha value is -3.20. The minimum Gasteiger partial charge on any atom is -0.497 e. The molecule has 5 aromatic rings. The lowest BCUT2D eigenvalue weighted by Gasteiger charge is -2.06. The molecule has 3 aromatic heterocycles. The minimum absolute atomic E-state index is 0.562. The van der Waals surface area contributed by atoms with E-state index in [0.29, 0.717) is 6.61 Å². The van der Waals surface area contributed by atoms with Gasteiger partial charge in [-0.1, -0.05) is 23.9 Å². The first-order chi connectivity index (χ1) is 13.3. The SMILES string of the molecule is COc1ccc(OCCSc2nnc3n2[nH]c2nc4ccccc4n23)cc1. The molecule has 0 bridgehead atoms. The Labute approximate surface area is 158 Å². The third-order valence-electron chi connectivity index (χ3n) is 4.23. The maximum absolute atomic E-state index is 5.76. The van der Waals surface area contributed by atoms with Crippen LogP contribution in [0.2, 0.25) is 0 Å². The van der Waals surface area contributed by atoms with Crippen molar-refractivity contribution in [3.8, 4) is 11.5 Å². The standard InChI is InChI=1S/C18H16N6O2S/c1-25-12-6-8-13(9-7-12)26-10-11-27-18-21-20-17-23-15-5-3-2-4-14(15)19-16(23)22-24(17)18/h2-9H,10-11H2,1H3,(H,19,22). The molecule has 0 fully saturated rings. The van der Waals surface area contributed by atoms with Crippen LogP contribution < -0.4 is 9.47 Å². The van der Waals surface area contributed by atoms with E-state index in [4.69, 9.17) is 9.47 Å². The van der Waals surface area contributed by atoms with E-state index in [2.05, 4.69) is 20.3 Å². The molecule has 1 N–H and O–H groups in total. The van der Waals surface area contributed by atoms with Crippen molar-refractivity contribution in [1.29, 1.82) is 0 Å². The third-order valence-corrected chi connectivity index (χ3v) is 5.12. The molecule has 136 valence electrons. The van der Waals surface area contributed by atoms with E-state index in [1.54, 1.807) is 18.9 Å². The highest BCUT2D eigenvalue weighted by molar-refractivity contribution is 7.99. The summed E-state index contributed by atoms with van der Waals surface area (Å²) in [5.74, 6) is 3.84. The zero-order valence-electron chi connectivity index (χ0n) is 14.5.